The van der Waals surface area contributed by atoms with Gasteiger partial charge in [0, 0.05) is 42.8 Å². The number of aromatic nitrogens is 3. The van der Waals surface area contributed by atoms with Crippen molar-refractivity contribution in [3.05, 3.63) is 35.4 Å². The molecule has 1 atom stereocenters. The Bertz CT molecular complexity index is 1020. The quantitative estimate of drug-likeness (QED) is 0.533. The SMILES string of the molecule is C[C@H](CO)NC1CCC(Cc2cc(-c3cncc(OCC4(C#N)CCOCC4)n3)c(Cl)cn2)CC1. The number of aliphatic hydroxyl groups is 1. The van der Waals surface area contributed by atoms with Crippen LogP contribution in [-0.2, 0) is 11.2 Å². The third-order valence-corrected chi connectivity index (χ3v) is 7.42. The molecule has 2 aromatic rings. The molecule has 3 heterocycles. The van der Waals surface area contributed by atoms with Crippen LogP contribution in [-0.4, -0.2) is 58.6 Å². The van der Waals surface area contributed by atoms with Crippen LogP contribution in [0.4, 0.5) is 0 Å². The van der Waals surface area contributed by atoms with Crippen LogP contribution in [0.1, 0.15) is 51.1 Å². The molecule has 1 saturated heterocycles. The fraction of sp³-hybridized carbons (Fsp3) is 0.615. The second-order valence-electron chi connectivity index (χ2n) is 9.86. The van der Waals surface area contributed by atoms with Gasteiger partial charge in [-0.05, 0) is 63.9 Å². The first-order valence-corrected chi connectivity index (χ1v) is 12.8. The standard InChI is InChI=1S/C26H34ClN5O3/c1-18(15-33)31-20-4-2-19(3-5-20)10-21-11-22(23(27)12-30-21)24-13-29-14-25(32-24)35-17-26(16-28)6-8-34-9-7-26/h11-14,18-20,31,33H,2-10,15,17H2,1H3/t18-,19?,20?/m1/s1. The molecule has 1 aliphatic heterocycles. The maximum atomic E-state index is 9.66. The average molecular weight is 500 g/mol. The third-order valence-electron chi connectivity index (χ3n) is 7.12. The van der Waals surface area contributed by atoms with Crippen molar-refractivity contribution in [3.8, 4) is 23.2 Å². The van der Waals surface area contributed by atoms with Gasteiger partial charge in [-0.25, -0.2) is 4.98 Å². The lowest BCUT2D eigenvalue weighted by atomic mass is 9.83. The first-order valence-electron chi connectivity index (χ1n) is 12.5. The summed E-state index contributed by atoms with van der Waals surface area (Å²) in [5, 5.41) is 22.9. The summed E-state index contributed by atoms with van der Waals surface area (Å²) < 4.78 is 11.3. The summed E-state index contributed by atoms with van der Waals surface area (Å²) in [5.74, 6) is 0.947. The second kappa shape index (κ2) is 12.1. The molecule has 2 fully saturated rings. The summed E-state index contributed by atoms with van der Waals surface area (Å²) in [6.07, 6.45) is 11.6. The van der Waals surface area contributed by atoms with Crippen LogP contribution in [0.15, 0.2) is 24.7 Å². The van der Waals surface area contributed by atoms with Crippen molar-refractivity contribution in [2.45, 2.75) is 64.0 Å². The summed E-state index contributed by atoms with van der Waals surface area (Å²) in [7, 11) is 0. The molecule has 0 bridgehead atoms. The lowest BCUT2D eigenvalue weighted by molar-refractivity contribution is 0.0182. The van der Waals surface area contributed by atoms with Gasteiger partial charge in [0.2, 0.25) is 5.88 Å². The van der Waals surface area contributed by atoms with Crippen LogP contribution in [0, 0.1) is 22.7 Å². The van der Waals surface area contributed by atoms with E-state index in [1.165, 1.54) is 0 Å². The first-order chi connectivity index (χ1) is 17.0. The van der Waals surface area contributed by atoms with E-state index in [9.17, 15) is 10.4 Å². The average Bonchev–Trinajstić information content (AvgIpc) is 2.90. The van der Waals surface area contributed by atoms with E-state index in [0.717, 1.165) is 43.4 Å². The Hall–Kier alpha value is -2.31. The molecule has 8 nitrogen and oxygen atoms in total. The van der Waals surface area contributed by atoms with Crippen molar-refractivity contribution in [2.24, 2.45) is 11.3 Å². The number of hydrogen-bond acceptors (Lipinski definition) is 8. The highest BCUT2D eigenvalue weighted by Gasteiger charge is 2.34. The Morgan fingerprint density at radius 1 is 1.26 bits per heavy atom. The molecule has 4 rings (SSSR count). The molecule has 0 radical (unpaired) electrons. The number of halogens is 1. The summed E-state index contributed by atoms with van der Waals surface area (Å²) in [6, 6.07) is 5.02. The van der Waals surface area contributed by atoms with Crippen LogP contribution >= 0.6 is 11.6 Å². The van der Waals surface area contributed by atoms with Crippen LogP contribution in [0.2, 0.25) is 5.02 Å². The molecule has 2 aromatic heterocycles. The molecule has 0 amide bonds. The van der Waals surface area contributed by atoms with E-state index in [0.29, 0.717) is 54.6 Å². The van der Waals surface area contributed by atoms with E-state index >= 15 is 0 Å². The molecule has 9 heteroatoms. The van der Waals surface area contributed by atoms with Crippen molar-refractivity contribution in [1.29, 1.82) is 5.26 Å². The zero-order valence-electron chi connectivity index (χ0n) is 20.3. The molecule has 35 heavy (non-hydrogen) atoms. The van der Waals surface area contributed by atoms with Crippen LogP contribution in [0.25, 0.3) is 11.3 Å². The van der Waals surface area contributed by atoms with Crippen molar-refractivity contribution < 1.29 is 14.6 Å². The van der Waals surface area contributed by atoms with Gasteiger partial charge in [0.15, 0.2) is 0 Å². The van der Waals surface area contributed by atoms with E-state index in [1.54, 1.807) is 18.6 Å². The third kappa shape index (κ3) is 6.89. The fourth-order valence-corrected chi connectivity index (χ4v) is 5.08. The lowest BCUT2D eigenvalue weighted by Gasteiger charge is -2.30. The zero-order valence-corrected chi connectivity index (χ0v) is 21.0. The minimum absolute atomic E-state index is 0.139. The van der Waals surface area contributed by atoms with Crippen molar-refractivity contribution in [1.82, 2.24) is 20.3 Å². The largest absolute Gasteiger partial charge is 0.475 e. The highest BCUT2D eigenvalue weighted by molar-refractivity contribution is 6.33. The lowest BCUT2D eigenvalue weighted by Crippen LogP contribution is -2.40. The van der Waals surface area contributed by atoms with Gasteiger partial charge in [-0.3, -0.25) is 9.97 Å². The highest BCUT2D eigenvalue weighted by Crippen LogP contribution is 2.33. The molecular weight excluding hydrogens is 466 g/mol. The summed E-state index contributed by atoms with van der Waals surface area (Å²) >= 11 is 6.49. The number of nitriles is 1. The van der Waals surface area contributed by atoms with Gasteiger partial charge in [0.1, 0.15) is 6.61 Å². The Morgan fingerprint density at radius 2 is 2.03 bits per heavy atom. The molecule has 1 saturated carbocycles. The number of hydrogen-bond donors (Lipinski definition) is 2. The van der Waals surface area contributed by atoms with Gasteiger partial charge in [-0.1, -0.05) is 11.6 Å². The summed E-state index contributed by atoms with van der Waals surface area (Å²) in [4.78, 5) is 13.5. The molecule has 188 valence electrons. The number of nitrogens with one attached hydrogen (secondary N) is 1. The molecule has 0 aromatic carbocycles. The minimum atomic E-state index is -0.553. The molecule has 2 N–H and O–H groups in total. The van der Waals surface area contributed by atoms with Crippen LogP contribution in [0.3, 0.4) is 0 Å². The molecule has 0 unspecified atom stereocenters. The maximum Gasteiger partial charge on any atom is 0.232 e. The summed E-state index contributed by atoms with van der Waals surface area (Å²) in [6.45, 7) is 3.58. The maximum absolute atomic E-state index is 9.66. The van der Waals surface area contributed by atoms with Gasteiger partial charge in [-0.2, -0.15) is 5.26 Å². The van der Waals surface area contributed by atoms with Gasteiger partial charge in [0.25, 0.3) is 0 Å². The number of nitrogens with zero attached hydrogens (tertiary/aromatic N) is 4. The van der Waals surface area contributed by atoms with E-state index in [4.69, 9.17) is 21.1 Å². The normalized spacial score (nSPS) is 22.8. The predicted octanol–water partition coefficient (Wildman–Crippen LogP) is 3.96. The van der Waals surface area contributed by atoms with Gasteiger partial charge >= 0.3 is 0 Å². The van der Waals surface area contributed by atoms with Crippen LogP contribution < -0.4 is 10.1 Å². The molecular formula is C26H34ClN5O3. The topological polar surface area (TPSA) is 113 Å². The number of rotatable bonds is 9. The van der Waals surface area contributed by atoms with Crippen molar-refractivity contribution in [2.75, 3.05) is 26.4 Å². The smallest absolute Gasteiger partial charge is 0.232 e. The number of pyridine rings is 1. The predicted molar refractivity (Wildman–Crippen MR) is 133 cm³/mol. The minimum Gasteiger partial charge on any atom is -0.475 e. The zero-order chi connectivity index (χ0) is 24.7. The molecule has 2 aliphatic rings. The summed E-state index contributed by atoms with van der Waals surface area (Å²) in [5.41, 5.74) is 1.84. The van der Waals surface area contributed by atoms with Gasteiger partial charge in [-0.15, -0.1) is 0 Å². The van der Waals surface area contributed by atoms with E-state index in [1.807, 2.05) is 13.0 Å². The Kier molecular flexibility index (Phi) is 8.90. The fourth-order valence-electron chi connectivity index (χ4n) is 4.88. The van der Waals surface area contributed by atoms with Gasteiger partial charge < -0.3 is 19.9 Å². The van der Waals surface area contributed by atoms with Crippen molar-refractivity contribution in [3.63, 3.8) is 0 Å². The Balaban J connectivity index is 1.39. The first kappa shape index (κ1) is 25.8. The number of aliphatic hydroxyl groups excluding tert-OH is 1. The Labute approximate surface area is 212 Å². The van der Waals surface area contributed by atoms with Crippen LogP contribution in [0.5, 0.6) is 5.88 Å². The second-order valence-corrected chi connectivity index (χ2v) is 10.3. The molecule has 0 spiro atoms. The number of ether oxygens (including phenoxy) is 2. The van der Waals surface area contributed by atoms with E-state index < -0.39 is 5.41 Å². The molecule has 1 aliphatic carbocycles. The van der Waals surface area contributed by atoms with Gasteiger partial charge in [0.05, 0.1) is 41.2 Å². The monoisotopic (exact) mass is 499 g/mol. The van der Waals surface area contributed by atoms with E-state index in [-0.39, 0.29) is 19.3 Å². The Morgan fingerprint density at radius 3 is 2.74 bits per heavy atom. The van der Waals surface area contributed by atoms with E-state index in [2.05, 4.69) is 26.3 Å². The van der Waals surface area contributed by atoms with Crippen molar-refractivity contribution >= 4 is 11.6 Å². The highest BCUT2D eigenvalue weighted by atomic mass is 35.5.